The topological polar surface area (TPSA) is 72.2 Å². The van der Waals surface area contributed by atoms with Gasteiger partial charge in [0.05, 0.1) is 4.92 Å². The molecule has 0 saturated carbocycles. The Labute approximate surface area is 112 Å². The summed E-state index contributed by atoms with van der Waals surface area (Å²) in [7, 11) is 0. The van der Waals surface area contributed by atoms with Crippen LogP contribution < -0.4 is 5.32 Å². The lowest BCUT2D eigenvalue weighted by Gasteiger charge is -2.14. The lowest BCUT2D eigenvalue weighted by atomic mass is 9.91. The summed E-state index contributed by atoms with van der Waals surface area (Å²) in [4.78, 5) is 22.4. The van der Waals surface area contributed by atoms with Crippen molar-refractivity contribution in [1.82, 2.24) is 5.32 Å². The second-order valence-corrected chi connectivity index (χ2v) is 5.01. The molecule has 1 fully saturated rings. The van der Waals surface area contributed by atoms with Crippen LogP contribution in [0.5, 0.6) is 0 Å². The summed E-state index contributed by atoms with van der Waals surface area (Å²) in [5.41, 5.74) is 1.70. The van der Waals surface area contributed by atoms with Crippen LogP contribution >= 0.6 is 0 Å². The third-order valence-electron chi connectivity index (χ3n) is 3.73. The molecule has 1 aliphatic rings. The van der Waals surface area contributed by atoms with E-state index in [0.717, 1.165) is 31.4 Å². The first-order valence-corrected chi connectivity index (χ1v) is 6.60. The Hall–Kier alpha value is -1.91. The predicted molar refractivity (Wildman–Crippen MR) is 71.9 cm³/mol. The SMILES string of the molecule is Cc1c(CC2CCCCNC2=O)cccc1[N+](=O)[O-]. The van der Waals surface area contributed by atoms with E-state index in [1.165, 1.54) is 6.07 Å². The summed E-state index contributed by atoms with van der Waals surface area (Å²) in [5.74, 6) is 0.00612. The van der Waals surface area contributed by atoms with E-state index >= 15 is 0 Å². The summed E-state index contributed by atoms with van der Waals surface area (Å²) >= 11 is 0. The molecule has 1 aliphatic heterocycles. The monoisotopic (exact) mass is 262 g/mol. The van der Waals surface area contributed by atoms with Gasteiger partial charge in [-0.1, -0.05) is 18.6 Å². The number of nitrogens with one attached hydrogen (secondary N) is 1. The Balaban J connectivity index is 2.20. The van der Waals surface area contributed by atoms with Crippen molar-refractivity contribution in [3.63, 3.8) is 0 Å². The van der Waals surface area contributed by atoms with Crippen molar-refractivity contribution in [1.29, 1.82) is 0 Å². The molecule has 0 spiro atoms. The van der Waals surface area contributed by atoms with E-state index in [1.54, 1.807) is 13.0 Å². The van der Waals surface area contributed by atoms with Crippen LogP contribution in [-0.4, -0.2) is 17.4 Å². The molecule has 0 radical (unpaired) electrons. The minimum Gasteiger partial charge on any atom is -0.356 e. The molecule has 1 saturated heterocycles. The molecule has 1 aromatic carbocycles. The van der Waals surface area contributed by atoms with Gasteiger partial charge in [-0.2, -0.15) is 0 Å². The second-order valence-electron chi connectivity index (χ2n) is 5.01. The van der Waals surface area contributed by atoms with Crippen molar-refractivity contribution < 1.29 is 9.72 Å². The average Bonchev–Trinajstić information content (AvgIpc) is 2.57. The Kier molecular flexibility index (Phi) is 4.14. The molecule has 5 nitrogen and oxygen atoms in total. The molecule has 1 heterocycles. The Morgan fingerprint density at radius 1 is 1.42 bits per heavy atom. The van der Waals surface area contributed by atoms with E-state index in [0.29, 0.717) is 12.0 Å². The van der Waals surface area contributed by atoms with Crippen LogP contribution in [0.1, 0.15) is 30.4 Å². The van der Waals surface area contributed by atoms with Crippen molar-refractivity contribution in [2.45, 2.75) is 32.6 Å². The fourth-order valence-corrected chi connectivity index (χ4v) is 2.55. The van der Waals surface area contributed by atoms with Crippen LogP contribution in [0, 0.1) is 23.0 Å². The zero-order valence-electron chi connectivity index (χ0n) is 11.0. The fourth-order valence-electron chi connectivity index (χ4n) is 2.55. The number of carbonyl (C=O) groups is 1. The van der Waals surface area contributed by atoms with E-state index < -0.39 is 0 Å². The quantitative estimate of drug-likeness (QED) is 0.671. The molecular formula is C14H18N2O3. The smallest absolute Gasteiger partial charge is 0.272 e. The summed E-state index contributed by atoms with van der Waals surface area (Å²) in [6, 6.07) is 5.07. The predicted octanol–water partition coefficient (Wildman–Crippen LogP) is 2.36. The summed E-state index contributed by atoms with van der Waals surface area (Å²) < 4.78 is 0. The van der Waals surface area contributed by atoms with Crippen LogP contribution in [0.4, 0.5) is 5.69 Å². The second kappa shape index (κ2) is 5.82. The molecule has 1 amide bonds. The van der Waals surface area contributed by atoms with Crippen LogP contribution in [0.2, 0.25) is 0 Å². The first kappa shape index (κ1) is 13.5. The normalized spacial score (nSPS) is 19.6. The zero-order valence-corrected chi connectivity index (χ0v) is 11.0. The third kappa shape index (κ3) is 3.10. The van der Waals surface area contributed by atoms with E-state index in [2.05, 4.69) is 5.32 Å². The van der Waals surface area contributed by atoms with Gasteiger partial charge in [-0.25, -0.2) is 0 Å². The van der Waals surface area contributed by atoms with Crippen molar-refractivity contribution in [2.75, 3.05) is 6.54 Å². The van der Waals surface area contributed by atoms with Gasteiger partial charge < -0.3 is 5.32 Å². The Morgan fingerprint density at radius 2 is 2.21 bits per heavy atom. The van der Waals surface area contributed by atoms with Crippen LogP contribution in [0.25, 0.3) is 0 Å². The van der Waals surface area contributed by atoms with Crippen molar-refractivity contribution in [3.05, 3.63) is 39.4 Å². The molecule has 1 unspecified atom stereocenters. The van der Waals surface area contributed by atoms with Crippen molar-refractivity contribution >= 4 is 11.6 Å². The van der Waals surface area contributed by atoms with Gasteiger partial charge in [0.1, 0.15) is 0 Å². The number of hydrogen-bond acceptors (Lipinski definition) is 3. The average molecular weight is 262 g/mol. The van der Waals surface area contributed by atoms with Gasteiger partial charge >= 0.3 is 0 Å². The lowest BCUT2D eigenvalue weighted by molar-refractivity contribution is -0.385. The Bertz CT molecular complexity index is 499. The maximum atomic E-state index is 11.9. The maximum absolute atomic E-state index is 11.9. The minimum atomic E-state index is -0.369. The molecule has 1 atom stereocenters. The number of benzene rings is 1. The fraction of sp³-hybridized carbons (Fsp3) is 0.500. The van der Waals surface area contributed by atoms with Gasteiger partial charge in [-0.3, -0.25) is 14.9 Å². The number of carbonyl (C=O) groups excluding carboxylic acids is 1. The van der Waals surface area contributed by atoms with Crippen molar-refractivity contribution in [3.8, 4) is 0 Å². The highest BCUT2D eigenvalue weighted by molar-refractivity contribution is 5.79. The highest BCUT2D eigenvalue weighted by Crippen LogP contribution is 2.25. The van der Waals surface area contributed by atoms with Gasteiger partial charge in [0.25, 0.3) is 5.69 Å². The molecule has 0 aromatic heterocycles. The van der Waals surface area contributed by atoms with E-state index in [4.69, 9.17) is 0 Å². The summed E-state index contributed by atoms with van der Waals surface area (Å²) in [6.45, 7) is 2.49. The molecule has 2 rings (SSSR count). The van der Waals surface area contributed by atoms with E-state index in [1.807, 2.05) is 6.07 Å². The standard InChI is InChI=1S/C14H18N2O3/c1-10-11(6-4-7-13(10)16(18)19)9-12-5-2-3-8-15-14(12)17/h4,6-7,12H,2-3,5,8-9H2,1H3,(H,15,17). The number of hydrogen-bond donors (Lipinski definition) is 1. The molecule has 1 aromatic rings. The molecule has 5 heteroatoms. The molecular weight excluding hydrogens is 244 g/mol. The molecule has 0 aliphatic carbocycles. The molecule has 1 N–H and O–H groups in total. The largest absolute Gasteiger partial charge is 0.356 e. The van der Waals surface area contributed by atoms with Crippen LogP contribution in [0.15, 0.2) is 18.2 Å². The van der Waals surface area contributed by atoms with Crippen molar-refractivity contribution in [2.24, 2.45) is 5.92 Å². The van der Waals surface area contributed by atoms with Gasteiger partial charge in [0, 0.05) is 24.1 Å². The number of amides is 1. The van der Waals surface area contributed by atoms with E-state index in [9.17, 15) is 14.9 Å². The highest BCUT2D eigenvalue weighted by atomic mass is 16.6. The summed E-state index contributed by atoms with van der Waals surface area (Å²) in [6.07, 6.45) is 3.47. The van der Waals surface area contributed by atoms with Gasteiger partial charge in [-0.15, -0.1) is 0 Å². The Morgan fingerprint density at radius 3 is 2.95 bits per heavy atom. The zero-order chi connectivity index (χ0) is 13.8. The number of nitrogens with zero attached hydrogens (tertiary/aromatic N) is 1. The number of nitro benzene ring substituents is 1. The third-order valence-corrected chi connectivity index (χ3v) is 3.73. The lowest BCUT2D eigenvalue weighted by Crippen LogP contribution is -2.30. The van der Waals surface area contributed by atoms with E-state index in [-0.39, 0.29) is 22.4 Å². The number of rotatable bonds is 3. The minimum absolute atomic E-state index is 0.0665. The van der Waals surface area contributed by atoms with Crippen LogP contribution in [-0.2, 0) is 11.2 Å². The molecule has 0 bridgehead atoms. The van der Waals surface area contributed by atoms with Gasteiger partial charge in [0.15, 0.2) is 0 Å². The van der Waals surface area contributed by atoms with Crippen LogP contribution in [0.3, 0.4) is 0 Å². The molecule has 19 heavy (non-hydrogen) atoms. The molecule has 102 valence electrons. The first-order chi connectivity index (χ1) is 9.09. The number of nitro groups is 1. The maximum Gasteiger partial charge on any atom is 0.272 e. The van der Waals surface area contributed by atoms with Gasteiger partial charge in [-0.05, 0) is 31.7 Å². The first-order valence-electron chi connectivity index (χ1n) is 6.60. The highest BCUT2D eigenvalue weighted by Gasteiger charge is 2.23. The summed E-state index contributed by atoms with van der Waals surface area (Å²) in [5, 5.41) is 13.8. The van der Waals surface area contributed by atoms with Gasteiger partial charge in [0.2, 0.25) is 5.91 Å².